The van der Waals surface area contributed by atoms with Crippen molar-refractivity contribution in [3.63, 3.8) is 0 Å². The number of aryl methyl sites for hydroxylation is 1. The van der Waals surface area contributed by atoms with Crippen molar-refractivity contribution in [1.82, 2.24) is 5.32 Å². The average Bonchev–Trinajstić information content (AvgIpc) is 2.47. The number of amides is 1. The molecular weight excluding hydrogens is 268 g/mol. The van der Waals surface area contributed by atoms with Crippen molar-refractivity contribution in [1.29, 1.82) is 0 Å². The van der Waals surface area contributed by atoms with Crippen LogP contribution in [0.25, 0.3) is 0 Å². The lowest BCUT2D eigenvalue weighted by molar-refractivity contribution is -0.144. The van der Waals surface area contributed by atoms with E-state index >= 15 is 0 Å². The number of benzene rings is 1. The Kier molecular flexibility index (Phi) is 5.20. The van der Waals surface area contributed by atoms with E-state index in [0.717, 1.165) is 24.8 Å². The van der Waals surface area contributed by atoms with Gasteiger partial charge in [-0.3, -0.25) is 9.59 Å². The van der Waals surface area contributed by atoms with Gasteiger partial charge in [-0.05, 0) is 30.9 Å². The van der Waals surface area contributed by atoms with E-state index in [2.05, 4.69) is 5.32 Å². The van der Waals surface area contributed by atoms with Crippen LogP contribution in [0.2, 0.25) is 0 Å². The fourth-order valence-electron chi connectivity index (χ4n) is 2.89. The molecule has 0 heterocycles. The number of aliphatic carboxylic acids is 1. The van der Waals surface area contributed by atoms with Gasteiger partial charge in [0.15, 0.2) is 0 Å². The smallest absolute Gasteiger partial charge is 0.308 e. The van der Waals surface area contributed by atoms with Gasteiger partial charge in [0.2, 0.25) is 5.91 Å². The molecule has 21 heavy (non-hydrogen) atoms. The Balaban J connectivity index is 1.86. The molecule has 5 heteroatoms. The Hall–Kier alpha value is -2.04. The fraction of sp³-hybridized carbons (Fsp3) is 0.500. The molecule has 0 aliphatic heterocycles. The van der Waals surface area contributed by atoms with Crippen molar-refractivity contribution in [3.05, 3.63) is 29.8 Å². The Morgan fingerprint density at radius 3 is 2.67 bits per heavy atom. The van der Waals surface area contributed by atoms with Crippen molar-refractivity contribution in [2.45, 2.75) is 44.6 Å². The van der Waals surface area contributed by atoms with Gasteiger partial charge in [-0.15, -0.1) is 0 Å². The zero-order valence-corrected chi connectivity index (χ0v) is 12.0. The Bertz CT molecular complexity index is 516. The van der Waals surface area contributed by atoms with Crippen LogP contribution in [-0.2, 0) is 16.0 Å². The van der Waals surface area contributed by atoms with E-state index < -0.39 is 11.9 Å². The van der Waals surface area contributed by atoms with Crippen LogP contribution < -0.4 is 11.1 Å². The van der Waals surface area contributed by atoms with Crippen LogP contribution in [0.1, 0.15) is 37.7 Å². The molecule has 1 fully saturated rings. The SMILES string of the molecule is Nc1ccccc1CCC(=O)NC1CCCCC1C(=O)O. The lowest BCUT2D eigenvalue weighted by atomic mass is 9.84. The summed E-state index contributed by atoms with van der Waals surface area (Å²) >= 11 is 0. The standard InChI is InChI=1S/C16H22N2O3/c17-13-7-3-1-5-11(13)9-10-15(19)18-14-8-4-2-6-12(14)16(20)21/h1,3,5,7,12,14H,2,4,6,8-10,17H2,(H,18,19)(H,20,21). The number of nitrogens with one attached hydrogen (secondary N) is 1. The second kappa shape index (κ2) is 7.11. The number of anilines is 1. The van der Waals surface area contributed by atoms with E-state index in [0.29, 0.717) is 24.9 Å². The molecular formula is C16H22N2O3. The van der Waals surface area contributed by atoms with Gasteiger partial charge in [-0.25, -0.2) is 0 Å². The third-order valence-corrected chi connectivity index (χ3v) is 4.11. The Morgan fingerprint density at radius 1 is 1.24 bits per heavy atom. The van der Waals surface area contributed by atoms with E-state index in [-0.39, 0.29) is 11.9 Å². The number of nitrogen functional groups attached to an aromatic ring is 1. The summed E-state index contributed by atoms with van der Waals surface area (Å²) in [4.78, 5) is 23.2. The number of para-hydroxylation sites is 1. The van der Waals surface area contributed by atoms with Gasteiger partial charge in [0.25, 0.3) is 0 Å². The third kappa shape index (κ3) is 4.21. The zero-order valence-electron chi connectivity index (χ0n) is 12.0. The summed E-state index contributed by atoms with van der Waals surface area (Å²) in [6.07, 6.45) is 4.19. The van der Waals surface area contributed by atoms with Crippen LogP contribution in [0.15, 0.2) is 24.3 Å². The highest BCUT2D eigenvalue weighted by Gasteiger charge is 2.31. The van der Waals surface area contributed by atoms with E-state index in [1.807, 2.05) is 24.3 Å². The average molecular weight is 290 g/mol. The summed E-state index contributed by atoms with van der Waals surface area (Å²) in [5.41, 5.74) is 7.48. The molecule has 1 aromatic carbocycles. The van der Waals surface area contributed by atoms with Crippen LogP contribution in [0.5, 0.6) is 0 Å². The lowest BCUT2D eigenvalue weighted by Gasteiger charge is -2.29. The fourth-order valence-corrected chi connectivity index (χ4v) is 2.89. The maximum atomic E-state index is 12.0. The molecule has 0 bridgehead atoms. The lowest BCUT2D eigenvalue weighted by Crippen LogP contribution is -2.45. The number of carboxylic acid groups (broad SMARTS) is 1. The van der Waals surface area contributed by atoms with Crippen molar-refractivity contribution in [2.75, 3.05) is 5.73 Å². The minimum absolute atomic E-state index is 0.101. The van der Waals surface area contributed by atoms with Gasteiger partial charge in [0, 0.05) is 18.2 Å². The van der Waals surface area contributed by atoms with E-state index in [1.54, 1.807) is 0 Å². The molecule has 0 spiro atoms. The van der Waals surface area contributed by atoms with Crippen LogP contribution >= 0.6 is 0 Å². The van der Waals surface area contributed by atoms with Gasteiger partial charge in [0.05, 0.1) is 5.92 Å². The largest absolute Gasteiger partial charge is 0.481 e. The first kappa shape index (κ1) is 15.4. The third-order valence-electron chi connectivity index (χ3n) is 4.11. The molecule has 0 aromatic heterocycles. The molecule has 1 saturated carbocycles. The van der Waals surface area contributed by atoms with Crippen LogP contribution in [0.4, 0.5) is 5.69 Å². The second-order valence-corrected chi connectivity index (χ2v) is 5.60. The molecule has 1 aliphatic carbocycles. The number of carbonyl (C=O) groups excluding carboxylic acids is 1. The van der Waals surface area contributed by atoms with Gasteiger partial charge < -0.3 is 16.2 Å². The summed E-state index contributed by atoms with van der Waals surface area (Å²) in [6.45, 7) is 0. The number of rotatable bonds is 5. The van der Waals surface area contributed by atoms with Crippen molar-refractivity contribution in [3.8, 4) is 0 Å². The molecule has 0 saturated heterocycles. The number of hydrogen-bond donors (Lipinski definition) is 3. The predicted octanol–water partition coefficient (Wildman–Crippen LogP) is 1.96. The first-order valence-electron chi connectivity index (χ1n) is 7.43. The summed E-state index contributed by atoms with van der Waals surface area (Å²) in [6, 6.07) is 7.23. The first-order chi connectivity index (χ1) is 10.1. The molecule has 2 atom stereocenters. The molecule has 114 valence electrons. The maximum Gasteiger partial charge on any atom is 0.308 e. The molecule has 1 aromatic rings. The number of carboxylic acids is 1. The second-order valence-electron chi connectivity index (χ2n) is 5.60. The zero-order chi connectivity index (χ0) is 15.2. The first-order valence-corrected chi connectivity index (χ1v) is 7.43. The highest BCUT2D eigenvalue weighted by molar-refractivity contribution is 5.78. The minimum Gasteiger partial charge on any atom is -0.481 e. The van der Waals surface area contributed by atoms with Gasteiger partial charge in [-0.1, -0.05) is 31.0 Å². The van der Waals surface area contributed by atoms with E-state index in [1.165, 1.54) is 0 Å². The van der Waals surface area contributed by atoms with Crippen molar-refractivity contribution < 1.29 is 14.7 Å². The Morgan fingerprint density at radius 2 is 1.95 bits per heavy atom. The predicted molar refractivity (Wildman–Crippen MR) is 80.7 cm³/mol. The summed E-state index contributed by atoms with van der Waals surface area (Å²) in [5.74, 6) is -1.37. The maximum absolute atomic E-state index is 12.0. The number of nitrogens with two attached hydrogens (primary N) is 1. The van der Waals surface area contributed by atoms with Crippen LogP contribution in [-0.4, -0.2) is 23.0 Å². The summed E-state index contributed by atoms with van der Waals surface area (Å²) in [7, 11) is 0. The van der Waals surface area contributed by atoms with Crippen molar-refractivity contribution in [2.24, 2.45) is 5.92 Å². The topological polar surface area (TPSA) is 92.4 Å². The quantitative estimate of drug-likeness (QED) is 0.723. The number of hydrogen-bond acceptors (Lipinski definition) is 3. The molecule has 2 rings (SSSR count). The normalized spacial score (nSPS) is 21.7. The summed E-state index contributed by atoms with van der Waals surface area (Å²) < 4.78 is 0. The number of carbonyl (C=O) groups is 2. The molecule has 0 radical (unpaired) electrons. The van der Waals surface area contributed by atoms with Crippen LogP contribution in [0, 0.1) is 5.92 Å². The monoisotopic (exact) mass is 290 g/mol. The van der Waals surface area contributed by atoms with E-state index in [9.17, 15) is 14.7 Å². The van der Waals surface area contributed by atoms with Crippen molar-refractivity contribution >= 4 is 17.6 Å². The minimum atomic E-state index is -0.813. The highest BCUT2D eigenvalue weighted by Crippen LogP contribution is 2.24. The van der Waals surface area contributed by atoms with E-state index in [4.69, 9.17) is 5.73 Å². The summed E-state index contributed by atoms with van der Waals surface area (Å²) in [5, 5.41) is 12.1. The molecule has 2 unspecified atom stereocenters. The highest BCUT2D eigenvalue weighted by atomic mass is 16.4. The van der Waals surface area contributed by atoms with Gasteiger partial charge in [0.1, 0.15) is 0 Å². The Labute approximate surface area is 124 Å². The molecule has 4 N–H and O–H groups in total. The van der Waals surface area contributed by atoms with Crippen LogP contribution in [0.3, 0.4) is 0 Å². The molecule has 1 aliphatic rings. The van der Waals surface area contributed by atoms with Gasteiger partial charge in [-0.2, -0.15) is 0 Å². The molecule has 1 amide bonds. The van der Waals surface area contributed by atoms with Gasteiger partial charge >= 0.3 is 5.97 Å². The molecule has 5 nitrogen and oxygen atoms in total.